The van der Waals surface area contributed by atoms with Gasteiger partial charge in [-0.1, -0.05) is 18.2 Å². The molecule has 1 saturated heterocycles. The second kappa shape index (κ2) is 5.25. The van der Waals surface area contributed by atoms with Gasteiger partial charge in [0, 0.05) is 11.5 Å². The summed E-state index contributed by atoms with van der Waals surface area (Å²) in [6.07, 6.45) is -0.521. The van der Waals surface area contributed by atoms with Crippen LogP contribution in [0, 0.1) is 28.5 Å². The monoisotopic (exact) mass is 333 g/mol. The van der Waals surface area contributed by atoms with Crippen molar-refractivity contribution in [1.29, 1.82) is 5.26 Å². The highest BCUT2D eigenvalue weighted by atomic mass is 19.1. The Morgan fingerprint density at radius 2 is 2.08 bits per heavy atom. The highest BCUT2D eigenvalue weighted by Gasteiger charge is 2.61. The molecule has 0 aromatic heterocycles. The Hall–Kier alpha value is -2.00. The number of amidine groups is 1. The number of aliphatic imine (C=N–C) groups is 1. The van der Waals surface area contributed by atoms with Crippen molar-refractivity contribution in [3.63, 3.8) is 0 Å². The van der Waals surface area contributed by atoms with Gasteiger partial charge in [-0.3, -0.25) is 4.99 Å². The summed E-state index contributed by atoms with van der Waals surface area (Å²) in [5, 5.41) is 9.52. The van der Waals surface area contributed by atoms with E-state index >= 15 is 0 Å². The molecule has 0 aliphatic carbocycles. The molecule has 1 fully saturated rings. The van der Waals surface area contributed by atoms with Crippen LogP contribution in [-0.4, -0.2) is 24.2 Å². The number of nitrogens with two attached hydrogens (primary N) is 1. The fourth-order valence-electron chi connectivity index (χ4n) is 3.89. The molecule has 6 heteroatoms. The summed E-state index contributed by atoms with van der Waals surface area (Å²) < 4.78 is 35.0. The number of rotatable bonds is 2. The third kappa shape index (κ3) is 2.30. The lowest BCUT2D eigenvalue weighted by molar-refractivity contribution is -0.0285. The molecule has 0 bridgehead atoms. The van der Waals surface area contributed by atoms with Crippen LogP contribution in [-0.2, 0) is 10.3 Å². The van der Waals surface area contributed by atoms with Crippen molar-refractivity contribution < 1.29 is 13.5 Å². The van der Waals surface area contributed by atoms with Gasteiger partial charge in [0.2, 0.25) is 0 Å². The molecule has 0 saturated carbocycles. The van der Waals surface area contributed by atoms with Crippen LogP contribution in [0.3, 0.4) is 0 Å². The van der Waals surface area contributed by atoms with Crippen molar-refractivity contribution in [3.8, 4) is 6.07 Å². The molecular formula is C18H21F2N3O. The predicted molar refractivity (Wildman–Crippen MR) is 86.5 cm³/mol. The summed E-state index contributed by atoms with van der Waals surface area (Å²) in [5.74, 6) is -0.766. The van der Waals surface area contributed by atoms with E-state index in [9.17, 15) is 14.0 Å². The van der Waals surface area contributed by atoms with Gasteiger partial charge in [-0.05, 0) is 33.3 Å². The van der Waals surface area contributed by atoms with E-state index < -0.39 is 34.5 Å². The Bertz CT molecular complexity index is 737. The van der Waals surface area contributed by atoms with Crippen LogP contribution < -0.4 is 5.73 Å². The Balaban J connectivity index is 2.22. The SMILES string of the molecule is CC(C)(F)[C@H]1OC[C@]2(c3ccccc3F)N=C(N)[C@](C)(C#N)C[C@H]12. The van der Waals surface area contributed by atoms with Crippen molar-refractivity contribution >= 4 is 5.84 Å². The summed E-state index contributed by atoms with van der Waals surface area (Å²) in [7, 11) is 0. The maximum Gasteiger partial charge on any atom is 0.131 e. The number of hydrogen-bond donors (Lipinski definition) is 1. The minimum atomic E-state index is -1.64. The van der Waals surface area contributed by atoms with Crippen molar-refractivity contribution in [1.82, 2.24) is 0 Å². The first-order valence-electron chi connectivity index (χ1n) is 7.97. The minimum Gasteiger partial charge on any atom is -0.386 e. The first-order valence-corrected chi connectivity index (χ1v) is 7.97. The highest BCUT2D eigenvalue weighted by molar-refractivity contribution is 5.90. The largest absolute Gasteiger partial charge is 0.386 e. The molecule has 3 rings (SSSR count). The Kier molecular flexibility index (Phi) is 3.68. The average molecular weight is 333 g/mol. The van der Waals surface area contributed by atoms with Gasteiger partial charge in [0.1, 0.15) is 28.3 Å². The van der Waals surface area contributed by atoms with Gasteiger partial charge in [-0.2, -0.15) is 5.26 Å². The molecule has 2 heterocycles. The molecule has 24 heavy (non-hydrogen) atoms. The molecule has 0 spiro atoms. The second-order valence-corrected chi connectivity index (χ2v) is 7.45. The standard InChI is InChI=1S/C18H21F2N3O/c1-16(2,20)14-12-8-17(3,9-21)15(22)23-18(12,10-24-14)11-6-4-5-7-13(11)19/h4-7,12,14H,8,10H2,1-3H3,(H2,22,23)/t12-,14+,17+,18-/m1/s1. The van der Waals surface area contributed by atoms with E-state index in [1.165, 1.54) is 19.9 Å². The summed E-state index contributed by atoms with van der Waals surface area (Å²) in [6, 6.07) is 8.45. The summed E-state index contributed by atoms with van der Waals surface area (Å²) in [4.78, 5) is 4.53. The fraction of sp³-hybridized carbons (Fsp3) is 0.556. The van der Waals surface area contributed by atoms with Gasteiger partial charge >= 0.3 is 0 Å². The van der Waals surface area contributed by atoms with E-state index in [0.717, 1.165) is 0 Å². The molecule has 1 aromatic carbocycles. The molecule has 4 atom stereocenters. The summed E-state index contributed by atoms with van der Waals surface area (Å²) >= 11 is 0. The Labute approximate surface area is 140 Å². The van der Waals surface area contributed by atoms with Crippen LogP contribution >= 0.6 is 0 Å². The fourth-order valence-corrected chi connectivity index (χ4v) is 3.89. The van der Waals surface area contributed by atoms with Crippen LogP contribution in [0.4, 0.5) is 8.78 Å². The van der Waals surface area contributed by atoms with Crippen LogP contribution in [0.5, 0.6) is 0 Å². The molecule has 2 N–H and O–H groups in total. The van der Waals surface area contributed by atoms with Crippen molar-refractivity contribution in [2.75, 3.05) is 6.61 Å². The van der Waals surface area contributed by atoms with E-state index in [2.05, 4.69) is 11.1 Å². The second-order valence-electron chi connectivity index (χ2n) is 7.45. The van der Waals surface area contributed by atoms with Gasteiger partial charge < -0.3 is 10.5 Å². The van der Waals surface area contributed by atoms with Crippen molar-refractivity contribution in [2.24, 2.45) is 22.1 Å². The number of nitriles is 1. The molecule has 128 valence electrons. The van der Waals surface area contributed by atoms with Gasteiger partial charge in [-0.15, -0.1) is 0 Å². The maximum atomic E-state index is 14.7. The number of halogens is 2. The van der Waals surface area contributed by atoms with Crippen LogP contribution in [0.1, 0.15) is 32.8 Å². The van der Waals surface area contributed by atoms with Gasteiger partial charge in [0.05, 0.1) is 18.8 Å². The predicted octanol–water partition coefficient (Wildman–Crippen LogP) is 3.07. The number of fused-ring (bicyclic) bond motifs is 1. The number of nitrogens with zero attached hydrogens (tertiary/aromatic N) is 2. The van der Waals surface area contributed by atoms with Gasteiger partial charge in [0.25, 0.3) is 0 Å². The number of hydrogen-bond acceptors (Lipinski definition) is 4. The van der Waals surface area contributed by atoms with Crippen LogP contribution in [0.25, 0.3) is 0 Å². The summed E-state index contributed by atoms with van der Waals surface area (Å²) in [5.41, 5.74) is 2.64. The molecule has 0 radical (unpaired) electrons. The van der Waals surface area contributed by atoms with E-state index in [0.29, 0.717) is 5.56 Å². The Morgan fingerprint density at radius 1 is 1.42 bits per heavy atom. The smallest absolute Gasteiger partial charge is 0.131 e. The molecular weight excluding hydrogens is 312 g/mol. The zero-order chi connectivity index (χ0) is 17.8. The first kappa shape index (κ1) is 16.8. The van der Waals surface area contributed by atoms with E-state index in [-0.39, 0.29) is 18.9 Å². The average Bonchev–Trinajstić information content (AvgIpc) is 2.87. The molecule has 0 amide bonds. The topological polar surface area (TPSA) is 71.4 Å². The van der Waals surface area contributed by atoms with E-state index in [1.807, 2.05) is 0 Å². The number of alkyl halides is 1. The van der Waals surface area contributed by atoms with Gasteiger partial charge in [0.15, 0.2) is 0 Å². The maximum absolute atomic E-state index is 14.7. The molecule has 4 nitrogen and oxygen atoms in total. The van der Waals surface area contributed by atoms with Crippen molar-refractivity contribution in [3.05, 3.63) is 35.6 Å². The van der Waals surface area contributed by atoms with Gasteiger partial charge in [-0.25, -0.2) is 8.78 Å². The first-order chi connectivity index (χ1) is 11.1. The zero-order valence-corrected chi connectivity index (χ0v) is 14.0. The molecule has 1 aromatic rings. The lowest BCUT2D eigenvalue weighted by atomic mass is 9.65. The zero-order valence-electron chi connectivity index (χ0n) is 14.0. The van der Waals surface area contributed by atoms with E-state index in [4.69, 9.17) is 10.5 Å². The number of benzene rings is 1. The highest BCUT2D eigenvalue weighted by Crippen LogP contribution is 2.54. The molecule has 2 aliphatic heterocycles. The normalized spacial score (nSPS) is 35.9. The minimum absolute atomic E-state index is 0.0405. The summed E-state index contributed by atoms with van der Waals surface area (Å²) in [6.45, 7) is 4.58. The molecule has 2 aliphatic rings. The van der Waals surface area contributed by atoms with Crippen LogP contribution in [0.15, 0.2) is 29.3 Å². The number of ether oxygens (including phenoxy) is 1. The Morgan fingerprint density at radius 3 is 2.67 bits per heavy atom. The third-order valence-corrected chi connectivity index (χ3v) is 5.24. The quantitative estimate of drug-likeness (QED) is 0.904. The lowest BCUT2D eigenvalue weighted by Crippen LogP contribution is -2.52. The third-order valence-electron chi connectivity index (χ3n) is 5.24. The van der Waals surface area contributed by atoms with Crippen molar-refractivity contribution in [2.45, 2.75) is 44.5 Å². The lowest BCUT2D eigenvalue weighted by Gasteiger charge is -2.43. The molecule has 0 unspecified atom stereocenters. The van der Waals surface area contributed by atoms with Crippen LogP contribution in [0.2, 0.25) is 0 Å². The van der Waals surface area contributed by atoms with E-state index in [1.54, 1.807) is 25.1 Å².